The number of nitrogens with two attached hydrogens (primary N) is 1. The van der Waals surface area contributed by atoms with Gasteiger partial charge in [0.25, 0.3) is 0 Å². The van der Waals surface area contributed by atoms with E-state index in [0.717, 1.165) is 0 Å². The van der Waals surface area contributed by atoms with E-state index >= 15 is 0 Å². The minimum absolute atomic E-state index is 0.160. The fraction of sp³-hybridized carbons (Fsp3) is 0.0714. The van der Waals surface area contributed by atoms with Crippen LogP contribution >= 0.6 is 0 Å². The van der Waals surface area contributed by atoms with Gasteiger partial charge >= 0.3 is 6.09 Å². The molecule has 0 aromatic heterocycles. The molecule has 1 atom stereocenters. The van der Waals surface area contributed by atoms with Crippen molar-refractivity contribution in [3.63, 3.8) is 0 Å². The highest BCUT2D eigenvalue weighted by molar-refractivity contribution is 5.65. The first-order chi connectivity index (χ1) is 9.08. The quantitative estimate of drug-likeness (QED) is 0.924. The van der Waals surface area contributed by atoms with E-state index in [4.69, 9.17) is 10.5 Å². The van der Waals surface area contributed by atoms with Crippen molar-refractivity contribution < 1.29 is 18.3 Å². The van der Waals surface area contributed by atoms with Gasteiger partial charge in [-0.15, -0.1) is 0 Å². The zero-order valence-corrected chi connectivity index (χ0v) is 9.85. The maximum atomic E-state index is 13.7. The average molecular weight is 263 g/mol. The molecule has 98 valence electrons. The third-order valence-corrected chi connectivity index (χ3v) is 2.59. The molecule has 0 aliphatic carbocycles. The summed E-state index contributed by atoms with van der Waals surface area (Å²) in [4.78, 5) is 10.9. The molecule has 2 aromatic rings. The van der Waals surface area contributed by atoms with Crippen LogP contribution < -0.4 is 5.73 Å². The van der Waals surface area contributed by atoms with E-state index in [1.165, 1.54) is 42.5 Å². The van der Waals surface area contributed by atoms with Gasteiger partial charge in [0.2, 0.25) is 0 Å². The second kappa shape index (κ2) is 5.48. The Balaban J connectivity index is 2.44. The van der Waals surface area contributed by atoms with Crippen LogP contribution in [0.1, 0.15) is 17.2 Å². The molecule has 0 heterocycles. The maximum absolute atomic E-state index is 13.7. The number of primary amides is 1. The minimum atomic E-state index is -1.03. The number of rotatable bonds is 3. The van der Waals surface area contributed by atoms with Gasteiger partial charge in [0, 0.05) is 5.56 Å². The Kier molecular flexibility index (Phi) is 3.75. The Morgan fingerprint density at radius 1 is 1.05 bits per heavy atom. The summed E-state index contributed by atoms with van der Waals surface area (Å²) in [7, 11) is 0. The predicted octanol–water partition coefficient (Wildman–Crippen LogP) is 3.15. The third-order valence-electron chi connectivity index (χ3n) is 2.59. The summed E-state index contributed by atoms with van der Waals surface area (Å²) in [5, 5.41) is 0. The second-order valence-corrected chi connectivity index (χ2v) is 3.89. The van der Waals surface area contributed by atoms with Crippen molar-refractivity contribution in [3.8, 4) is 0 Å². The van der Waals surface area contributed by atoms with Crippen molar-refractivity contribution in [1.29, 1.82) is 0 Å². The molecule has 0 saturated heterocycles. The molecule has 2 aromatic carbocycles. The second-order valence-electron chi connectivity index (χ2n) is 3.89. The van der Waals surface area contributed by atoms with Gasteiger partial charge in [-0.05, 0) is 23.8 Å². The van der Waals surface area contributed by atoms with E-state index in [-0.39, 0.29) is 5.56 Å². The molecule has 2 rings (SSSR count). The zero-order chi connectivity index (χ0) is 13.8. The Labute approximate surface area is 108 Å². The monoisotopic (exact) mass is 263 g/mol. The van der Waals surface area contributed by atoms with Crippen LogP contribution in [0.3, 0.4) is 0 Å². The lowest BCUT2D eigenvalue weighted by Crippen LogP contribution is -2.19. The van der Waals surface area contributed by atoms with Gasteiger partial charge in [-0.3, -0.25) is 0 Å². The highest BCUT2D eigenvalue weighted by Crippen LogP contribution is 2.28. The van der Waals surface area contributed by atoms with Crippen LogP contribution in [0.4, 0.5) is 13.6 Å². The molecule has 0 radical (unpaired) electrons. The molecular formula is C14H11F2NO2. The van der Waals surface area contributed by atoms with Gasteiger partial charge in [0.15, 0.2) is 6.10 Å². The summed E-state index contributed by atoms with van der Waals surface area (Å²) in [5.41, 5.74) is 5.59. The molecule has 19 heavy (non-hydrogen) atoms. The molecule has 5 heteroatoms. The van der Waals surface area contributed by atoms with Crippen LogP contribution in [-0.4, -0.2) is 6.09 Å². The number of benzene rings is 2. The molecule has 0 spiro atoms. The first kappa shape index (κ1) is 13.0. The van der Waals surface area contributed by atoms with Crippen LogP contribution in [-0.2, 0) is 4.74 Å². The standard InChI is InChI=1S/C14H11F2NO2/c15-10-7-5-9(6-8-10)13(19-14(17)18)11-3-1-2-4-12(11)16/h1-8,13H,(H2,17,18). The lowest BCUT2D eigenvalue weighted by Gasteiger charge is -2.18. The maximum Gasteiger partial charge on any atom is 0.405 e. The summed E-state index contributed by atoms with van der Waals surface area (Å²) in [6, 6.07) is 11.1. The van der Waals surface area contributed by atoms with Crippen LogP contribution in [0.25, 0.3) is 0 Å². The fourth-order valence-electron chi connectivity index (χ4n) is 1.75. The van der Waals surface area contributed by atoms with E-state index in [1.54, 1.807) is 6.07 Å². The number of carbonyl (C=O) groups excluding carboxylic acids is 1. The average Bonchev–Trinajstić information content (AvgIpc) is 2.38. The van der Waals surface area contributed by atoms with Crippen LogP contribution in [0, 0.1) is 11.6 Å². The molecule has 3 nitrogen and oxygen atoms in total. The number of hydrogen-bond donors (Lipinski definition) is 1. The highest BCUT2D eigenvalue weighted by atomic mass is 19.1. The lowest BCUT2D eigenvalue weighted by atomic mass is 10.0. The Hall–Kier alpha value is -2.43. The fourth-order valence-corrected chi connectivity index (χ4v) is 1.75. The largest absolute Gasteiger partial charge is 0.436 e. The van der Waals surface area contributed by atoms with E-state index < -0.39 is 23.8 Å². The summed E-state index contributed by atoms with van der Waals surface area (Å²) in [6.45, 7) is 0. The zero-order valence-electron chi connectivity index (χ0n) is 9.85. The Morgan fingerprint density at radius 2 is 1.68 bits per heavy atom. The Morgan fingerprint density at radius 3 is 2.26 bits per heavy atom. The molecule has 0 fully saturated rings. The predicted molar refractivity (Wildman–Crippen MR) is 65.3 cm³/mol. The third kappa shape index (κ3) is 3.07. The summed E-state index contributed by atoms with van der Waals surface area (Å²) < 4.78 is 31.6. The van der Waals surface area contributed by atoms with E-state index in [1.807, 2.05) is 0 Å². The van der Waals surface area contributed by atoms with E-state index in [9.17, 15) is 13.6 Å². The van der Waals surface area contributed by atoms with Crippen molar-refractivity contribution in [2.24, 2.45) is 5.73 Å². The summed E-state index contributed by atoms with van der Waals surface area (Å²) in [5.74, 6) is -0.965. The van der Waals surface area contributed by atoms with Crippen LogP contribution in [0.15, 0.2) is 48.5 Å². The van der Waals surface area contributed by atoms with Gasteiger partial charge < -0.3 is 10.5 Å². The van der Waals surface area contributed by atoms with E-state index in [0.29, 0.717) is 5.56 Å². The van der Waals surface area contributed by atoms with Gasteiger partial charge in [0.1, 0.15) is 11.6 Å². The van der Waals surface area contributed by atoms with Crippen molar-refractivity contribution in [2.45, 2.75) is 6.10 Å². The first-order valence-corrected chi connectivity index (χ1v) is 5.54. The van der Waals surface area contributed by atoms with Crippen LogP contribution in [0.5, 0.6) is 0 Å². The minimum Gasteiger partial charge on any atom is -0.436 e. The van der Waals surface area contributed by atoms with Gasteiger partial charge in [-0.25, -0.2) is 13.6 Å². The van der Waals surface area contributed by atoms with Crippen molar-refractivity contribution in [3.05, 3.63) is 71.3 Å². The first-order valence-electron chi connectivity index (χ1n) is 5.54. The number of hydrogen-bond acceptors (Lipinski definition) is 2. The normalized spacial score (nSPS) is 11.9. The van der Waals surface area contributed by atoms with Gasteiger partial charge in [-0.1, -0.05) is 30.3 Å². The topological polar surface area (TPSA) is 52.3 Å². The lowest BCUT2D eigenvalue weighted by molar-refractivity contribution is 0.124. The molecule has 0 bridgehead atoms. The smallest absolute Gasteiger partial charge is 0.405 e. The number of amides is 1. The van der Waals surface area contributed by atoms with Gasteiger partial charge in [0.05, 0.1) is 0 Å². The van der Waals surface area contributed by atoms with Crippen molar-refractivity contribution in [2.75, 3.05) is 0 Å². The molecule has 2 N–H and O–H groups in total. The van der Waals surface area contributed by atoms with Crippen LogP contribution in [0.2, 0.25) is 0 Å². The number of ether oxygens (including phenoxy) is 1. The molecule has 0 saturated carbocycles. The number of halogens is 2. The highest BCUT2D eigenvalue weighted by Gasteiger charge is 2.21. The SMILES string of the molecule is NC(=O)OC(c1ccc(F)cc1)c1ccccc1F. The Bertz CT molecular complexity index is 584. The van der Waals surface area contributed by atoms with Gasteiger partial charge in [-0.2, -0.15) is 0 Å². The number of carbonyl (C=O) groups is 1. The molecule has 1 unspecified atom stereocenters. The van der Waals surface area contributed by atoms with E-state index in [2.05, 4.69) is 0 Å². The van der Waals surface area contributed by atoms with Crippen molar-refractivity contribution in [1.82, 2.24) is 0 Å². The van der Waals surface area contributed by atoms with Crippen molar-refractivity contribution >= 4 is 6.09 Å². The molecular weight excluding hydrogens is 252 g/mol. The molecule has 1 amide bonds. The summed E-state index contributed by atoms with van der Waals surface area (Å²) in [6.07, 6.45) is -2.03. The molecule has 0 aliphatic rings. The molecule has 0 aliphatic heterocycles. The summed E-state index contributed by atoms with van der Waals surface area (Å²) >= 11 is 0.